The van der Waals surface area contributed by atoms with Crippen molar-refractivity contribution >= 4 is 11.9 Å². The fourth-order valence-electron chi connectivity index (χ4n) is 0.429. The van der Waals surface area contributed by atoms with Crippen molar-refractivity contribution in [1.29, 1.82) is 5.26 Å². The number of hydrogen-bond acceptors (Lipinski definition) is 4. The molecule has 0 saturated heterocycles. The highest BCUT2D eigenvalue weighted by Gasteiger charge is 2.04. The molecule has 6 nitrogen and oxygen atoms in total. The van der Waals surface area contributed by atoms with E-state index in [0.717, 1.165) is 0 Å². The van der Waals surface area contributed by atoms with Crippen LogP contribution in [0.4, 0.5) is 0 Å². The summed E-state index contributed by atoms with van der Waals surface area (Å²) in [6.45, 7) is 0. The number of carboxylic acid groups (broad SMARTS) is 2. The second-order valence-electron chi connectivity index (χ2n) is 1.94. The smallest absolute Gasteiger partial charge is 0.414 e. The van der Waals surface area contributed by atoms with Crippen LogP contribution in [0.15, 0.2) is 24.4 Å². The van der Waals surface area contributed by atoms with Gasteiger partial charge in [-0.2, -0.15) is 5.26 Å². The molecule has 0 fully saturated rings. The van der Waals surface area contributed by atoms with Gasteiger partial charge in [0.25, 0.3) is 0 Å². The molecule has 0 spiro atoms. The molecule has 0 atom stereocenters. The first-order chi connectivity index (χ1) is 6.57. The van der Waals surface area contributed by atoms with Crippen LogP contribution in [0.1, 0.15) is 5.69 Å². The van der Waals surface area contributed by atoms with Gasteiger partial charge in [-0.05, 0) is 12.1 Å². The van der Waals surface area contributed by atoms with Crippen molar-refractivity contribution in [2.75, 3.05) is 0 Å². The third-order valence-corrected chi connectivity index (χ3v) is 0.962. The molecule has 1 aromatic rings. The van der Waals surface area contributed by atoms with E-state index >= 15 is 0 Å². The van der Waals surface area contributed by atoms with E-state index in [2.05, 4.69) is 4.98 Å². The van der Waals surface area contributed by atoms with Crippen molar-refractivity contribution in [2.45, 2.75) is 0 Å². The number of aliphatic carboxylic acids is 2. The lowest BCUT2D eigenvalue weighted by molar-refractivity contribution is -0.159. The molecule has 0 saturated carbocycles. The zero-order chi connectivity index (χ0) is 11.0. The molecule has 0 bridgehead atoms. The number of pyridine rings is 1. The Bertz CT molecular complexity index is 343. The number of hydrogen-bond donors (Lipinski definition) is 2. The first-order valence-corrected chi connectivity index (χ1v) is 3.35. The molecule has 0 aliphatic carbocycles. The van der Waals surface area contributed by atoms with E-state index in [4.69, 9.17) is 25.1 Å². The summed E-state index contributed by atoms with van der Waals surface area (Å²) in [6.07, 6.45) is 1.60. The van der Waals surface area contributed by atoms with Crippen LogP contribution in [0.2, 0.25) is 0 Å². The highest BCUT2D eigenvalue weighted by molar-refractivity contribution is 6.27. The minimum Gasteiger partial charge on any atom is -0.473 e. The molecule has 0 aliphatic heterocycles. The number of nitrogens with zero attached hydrogens (tertiary/aromatic N) is 2. The summed E-state index contributed by atoms with van der Waals surface area (Å²) in [5.41, 5.74) is 0.465. The van der Waals surface area contributed by atoms with Gasteiger partial charge in [0.1, 0.15) is 11.8 Å². The molecule has 2 N–H and O–H groups in total. The minimum absolute atomic E-state index is 0.465. The zero-order valence-corrected chi connectivity index (χ0v) is 6.91. The van der Waals surface area contributed by atoms with Crippen LogP contribution in [0.25, 0.3) is 0 Å². The quantitative estimate of drug-likeness (QED) is 0.567. The summed E-state index contributed by atoms with van der Waals surface area (Å²) < 4.78 is 0. The Balaban J connectivity index is 0.000000255. The second-order valence-corrected chi connectivity index (χ2v) is 1.94. The van der Waals surface area contributed by atoms with Crippen molar-refractivity contribution in [3.05, 3.63) is 30.1 Å². The molecular weight excluding hydrogens is 188 g/mol. The van der Waals surface area contributed by atoms with Crippen LogP contribution in [0.5, 0.6) is 0 Å². The highest BCUT2D eigenvalue weighted by atomic mass is 16.4. The minimum atomic E-state index is -1.82. The molecule has 1 rings (SSSR count). The molecule has 1 aromatic heterocycles. The first-order valence-electron chi connectivity index (χ1n) is 3.35. The van der Waals surface area contributed by atoms with E-state index in [0.29, 0.717) is 5.69 Å². The molecule has 14 heavy (non-hydrogen) atoms. The van der Waals surface area contributed by atoms with Gasteiger partial charge in [-0.25, -0.2) is 14.6 Å². The Hall–Kier alpha value is -2.42. The van der Waals surface area contributed by atoms with Crippen molar-refractivity contribution in [3.8, 4) is 6.07 Å². The maximum absolute atomic E-state index is 9.10. The lowest BCUT2D eigenvalue weighted by atomic mass is 10.4. The summed E-state index contributed by atoms with van der Waals surface area (Å²) in [6, 6.07) is 7.14. The summed E-state index contributed by atoms with van der Waals surface area (Å²) in [5.74, 6) is -3.65. The molecule has 1 heterocycles. The molecule has 0 amide bonds. The molecule has 6 heteroatoms. The standard InChI is InChI=1S/C6H4N2.C2H2O4/c7-5-6-3-1-2-4-8-6;3-1(4)2(5)6/h1-4H;(H,3,4)(H,5,6). The fourth-order valence-corrected chi connectivity index (χ4v) is 0.429. The monoisotopic (exact) mass is 194 g/mol. The average molecular weight is 194 g/mol. The van der Waals surface area contributed by atoms with E-state index in [1.807, 2.05) is 6.07 Å². The van der Waals surface area contributed by atoms with Crippen molar-refractivity contribution in [2.24, 2.45) is 0 Å². The van der Waals surface area contributed by atoms with Crippen LogP contribution in [-0.4, -0.2) is 27.1 Å². The van der Waals surface area contributed by atoms with Crippen LogP contribution < -0.4 is 0 Å². The Morgan fingerprint density at radius 3 is 2.07 bits per heavy atom. The predicted octanol–water partition coefficient (Wildman–Crippen LogP) is 0.109. The largest absolute Gasteiger partial charge is 0.473 e. The van der Waals surface area contributed by atoms with Gasteiger partial charge < -0.3 is 10.2 Å². The molecular formula is C8H6N2O4. The van der Waals surface area contributed by atoms with Crippen molar-refractivity contribution in [3.63, 3.8) is 0 Å². The first kappa shape index (κ1) is 11.6. The number of carboxylic acids is 2. The predicted molar refractivity (Wildman–Crippen MR) is 44.2 cm³/mol. The van der Waals surface area contributed by atoms with Gasteiger partial charge in [0.15, 0.2) is 0 Å². The van der Waals surface area contributed by atoms with Crippen molar-refractivity contribution < 1.29 is 19.8 Å². The Labute approximate surface area is 79.1 Å². The normalized spacial score (nSPS) is 7.64. The molecule has 0 aliphatic rings. The van der Waals surface area contributed by atoms with Gasteiger partial charge in [0.05, 0.1) is 0 Å². The highest BCUT2D eigenvalue weighted by Crippen LogP contribution is 1.86. The zero-order valence-electron chi connectivity index (χ0n) is 6.91. The van der Waals surface area contributed by atoms with E-state index in [1.54, 1.807) is 24.4 Å². The Kier molecular flexibility index (Phi) is 5.07. The summed E-state index contributed by atoms with van der Waals surface area (Å²) in [4.78, 5) is 21.9. The van der Waals surface area contributed by atoms with Gasteiger partial charge in [-0.15, -0.1) is 0 Å². The number of rotatable bonds is 0. The molecule has 72 valence electrons. The van der Waals surface area contributed by atoms with Crippen LogP contribution in [0.3, 0.4) is 0 Å². The third kappa shape index (κ3) is 5.26. The van der Waals surface area contributed by atoms with Gasteiger partial charge >= 0.3 is 11.9 Å². The van der Waals surface area contributed by atoms with E-state index in [9.17, 15) is 0 Å². The maximum Gasteiger partial charge on any atom is 0.414 e. The third-order valence-electron chi connectivity index (χ3n) is 0.962. The molecule has 0 radical (unpaired) electrons. The van der Waals surface area contributed by atoms with Crippen LogP contribution >= 0.6 is 0 Å². The second kappa shape index (κ2) is 6.14. The Morgan fingerprint density at radius 2 is 1.86 bits per heavy atom. The van der Waals surface area contributed by atoms with E-state index in [-0.39, 0.29) is 0 Å². The van der Waals surface area contributed by atoms with Crippen LogP contribution in [0, 0.1) is 11.3 Å². The van der Waals surface area contributed by atoms with Crippen molar-refractivity contribution in [1.82, 2.24) is 4.98 Å². The van der Waals surface area contributed by atoms with Gasteiger partial charge in [0.2, 0.25) is 0 Å². The molecule has 0 aromatic carbocycles. The Morgan fingerprint density at radius 1 is 1.29 bits per heavy atom. The molecule has 0 unspecified atom stereocenters. The summed E-state index contributed by atoms with van der Waals surface area (Å²) in [5, 5.41) is 23.0. The average Bonchev–Trinajstić information content (AvgIpc) is 2.20. The lowest BCUT2D eigenvalue weighted by Crippen LogP contribution is -2.09. The topological polar surface area (TPSA) is 111 Å². The fraction of sp³-hybridized carbons (Fsp3) is 0. The number of aromatic nitrogens is 1. The van der Waals surface area contributed by atoms with E-state index < -0.39 is 11.9 Å². The van der Waals surface area contributed by atoms with Gasteiger partial charge in [-0.3, -0.25) is 0 Å². The van der Waals surface area contributed by atoms with E-state index in [1.165, 1.54) is 0 Å². The number of carbonyl (C=O) groups is 2. The van der Waals surface area contributed by atoms with Crippen LogP contribution in [-0.2, 0) is 9.59 Å². The summed E-state index contributed by atoms with van der Waals surface area (Å²) in [7, 11) is 0. The SMILES string of the molecule is N#Cc1ccccn1.O=C(O)C(=O)O. The summed E-state index contributed by atoms with van der Waals surface area (Å²) >= 11 is 0. The lowest BCUT2D eigenvalue weighted by Gasteiger charge is -1.79. The number of nitriles is 1. The maximum atomic E-state index is 9.10. The van der Waals surface area contributed by atoms with Gasteiger partial charge in [0, 0.05) is 6.20 Å². The van der Waals surface area contributed by atoms with Gasteiger partial charge in [-0.1, -0.05) is 6.07 Å².